The van der Waals surface area contributed by atoms with Crippen LogP contribution in [0.5, 0.6) is 0 Å². The van der Waals surface area contributed by atoms with Crippen molar-refractivity contribution in [3.63, 3.8) is 0 Å². The van der Waals surface area contributed by atoms with Gasteiger partial charge in [0.15, 0.2) is 10.9 Å². The van der Waals surface area contributed by atoms with Gasteiger partial charge in [-0.15, -0.1) is 0 Å². The Morgan fingerprint density at radius 1 is 1.14 bits per heavy atom. The predicted molar refractivity (Wildman–Crippen MR) is 147 cm³/mol. The average Bonchev–Trinajstić information content (AvgIpc) is 3.60. The molecule has 186 valence electrons. The molecule has 0 unspecified atom stereocenters. The SMILES string of the molecule is Cc1ccccc1-n1c(-c2ccc(Cl)cc2)cnc1SCC(=O)c1cc(C)n(C[C@@H]2CCCO2)c1C. The van der Waals surface area contributed by atoms with Crippen molar-refractivity contribution in [3.8, 4) is 16.9 Å². The summed E-state index contributed by atoms with van der Waals surface area (Å²) in [5.74, 6) is 0.423. The molecule has 36 heavy (non-hydrogen) atoms. The molecule has 0 N–H and O–H groups in total. The summed E-state index contributed by atoms with van der Waals surface area (Å²) in [6.45, 7) is 7.82. The maximum atomic E-state index is 13.4. The van der Waals surface area contributed by atoms with E-state index in [-0.39, 0.29) is 11.9 Å². The normalized spacial score (nSPS) is 15.5. The van der Waals surface area contributed by atoms with Gasteiger partial charge in [-0.25, -0.2) is 4.98 Å². The first-order valence-electron chi connectivity index (χ1n) is 12.3. The zero-order valence-electron chi connectivity index (χ0n) is 20.8. The molecule has 2 aromatic carbocycles. The van der Waals surface area contributed by atoms with Gasteiger partial charge in [-0.1, -0.05) is 53.7 Å². The molecule has 0 amide bonds. The van der Waals surface area contributed by atoms with Gasteiger partial charge in [0.1, 0.15) is 0 Å². The molecule has 0 saturated carbocycles. The number of nitrogens with zero attached hydrogens (tertiary/aromatic N) is 3. The summed E-state index contributed by atoms with van der Waals surface area (Å²) >= 11 is 7.60. The molecular weight excluding hydrogens is 490 g/mol. The number of ether oxygens (including phenoxy) is 1. The van der Waals surface area contributed by atoms with Crippen LogP contribution in [-0.2, 0) is 11.3 Å². The minimum absolute atomic E-state index is 0.110. The maximum Gasteiger partial charge on any atom is 0.175 e. The summed E-state index contributed by atoms with van der Waals surface area (Å²) in [5, 5.41) is 1.48. The summed E-state index contributed by atoms with van der Waals surface area (Å²) in [6, 6.07) is 18.0. The van der Waals surface area contributed by atoms with E-state index >= 15 is 0 Å². The molecule has 2 aromatic heterocycles. The van der Waals surface area contributed by atoms with Crippen molar-refractivity contribution < 1.29 is 9.53 Å². The van der Waals surface area contributed by atoms with Gasteiger partial charge in [0.05, 0.1) is 29.4 Å². The van der Waals surface area contributed by atoms with Gasteiger partial charge in [0.25, 0.3) is 0 Å². The van der Waals surface area contributed by atoms with Crippen LogP contribution in [0.1, 0.15) is 40.2 Å². The second-order valence-electron chi connectivity index (χ2n) is 9.30. The highest BCUT2D eigenvalue weighted by atomic mass is 35.5. The Kier molecular flexibility index (Phi) is 7.37. The van der Waals surface area contributed by atoms with Crippen molar-refractivity contribution in [1.82, 2.24) is 14.1 Å². The minimum Gasteiger partial charge on any atom is -0.376 e. The second kappa shape index (κ2) is 10.7. The third-order valence-electron chi connectivity index (χ3n) is 6.84. The lowest BCUT2D eigenvalue weighted by Crippen LogP contribution is -2.17. The van der Waals surface area contributed by atoms with Gasteiger partial charge in [0.2, 0.25) is 0 Å². The van der Waals surface area contributed by atoms with Crippen LogP contribution in [-0.4, -0.2) is 38.4 Å². The maximum absolute atomic E-state index is 13.4. The van der Waals surface area contributed by atoms with Crippen LogP contribution in [0.4, 0.5) is 0 Å². The van der Waals surface area contributed by atoms with Crippen molar-refractivity contribution in [2.45, 2.75) is 51.4 Å². The van der Waals surface area contributed by atoms with Crippen LogP contribution in [0.3, 0.4) is 0 Å². The van der Waals surface area contributed by atoms with Crippen LogP contribution in [0.2, 0.25) is 5.02 Å². The number of rotatable bonds is 8. The van der Waals surface area contributed by atoms with Crippen LogP contribution < -0.4 is 0 Å². The topological polar surface area (TPSA) is 49.0 Å². The van der Waals surface area contributed by atoms with Crippen molar-refractivity contribution in [1.29, 1.82) is 0 Å². The van der Waals surface area contributed by atoms with Crippen molar-refractivity contribution in [2.75, 3.05) is 12.4 Å². The Balaban J connectivity index is 1.42. The van der Waals surface area contributed by atoms with E-state index in [2.05, 4.69) is 35.1 Å². The van der Waals surface area contributed by atoms with E-state index in [0.717, 1.165) is 70.6 Å². The summed E-state index contributed by atoms with van der Waals surface area (Å²) in [7, 11) is 0. The van der Waals surface area contributed by atoms with Crippen molar-refractivity contribution >= 4 is 29.1 Å². The quantitative estimate of drug-likeness (QED) is 0.184. The number of para-hydroxylation sites is 1. The first-order chi connectivity index (χ1) is 17.4. The Labute approximate surface area is 221 Å². The molecule has 0 aliphatic carbocycles. The van der Waals surface area contributed by atoms with Gasteiger partial charge < -0.3 is 9.30 Å². The summed E-state index contributed by atoms with van der Waals surface area (Å²) in [6.07, 6.45) is 4.29. The molecule has 0 radical (unpaired) electrons. The molecule has 5 nitrogen and oxygen atoms in total. The van der Waals surface area contributed by atoms with Crippen LogP contribution >= 0.6 is 23.4 Å². The summed E-state index contributed by atoms with van der Waals surface area (Å²) in [5.41, 5.74) is 7.06. The van der Waals surface area contributed by atoms with Gasteiger partial charge in [-0.2, -0.15) is 0 Å². The van der Waals surface area contributed by atoms with Crippen LogP contribution in [0.25, 0.3) is 16.9 Å². The number of hydrogen-bond acceptors (Lipinski definition) is 4. The molecule has 3 heterocycles. The first-order valence-corrected chi connectivity index (χ1v) is 13.6. The number of aromatic nitrogens is 3. The number of benzene rings is 2. The highest BCUT2D eigenvalue weighted by Gasteiger charge is 2.22. The van der Waals surface area contributed by atoms with Gasteiger partial charge in [0, 0.05) is 40.7 Å². The second-order valence-corrected chi connectivity index (χ2v) is 10.7. The number of aryl methyl sites for hydroxylation is 2. The lowest BCUT2D eigenvalue weighted by molar-refractivity contribution is 0.0957. The molecule has 1 aliphatic heterocycles. The van der Waals surface area contributed by atoms with E-state index < -0.39 is 0 Å². The molecule has 1 saturated heterocycles. The third-order valence-corrected chi connectivity index (χ3v) is 8.05. The number of carbonyl (C=O) groups excluding carboxylic acids is 1. The smallest absolute Gasteiger partial charge is 0.175 e. The number of Topliss-reactive ketones (excluding diaryl/α,β-unsaturated/α-hetero) is 1. The molecule has 5 rings (SSSR count). The van der Waals surface area contributed by atoms with Gasteiger partial charge >= 0.3 is 0 Å². The molecule has 4 aromatic rings. The zero-order chi connectivity index (χ0) is 25.2. The van der Waals surface area contributed by atoms with E-state index in [9.17, 15) is 4.79 Å². The molecule has 0 bridgehead atoms. The number of ketones is 1. The average molecular weight is 520 g/mol. The lowest BCUT2D eigenvalue weighted by Gasteiger charge is -2.15. The Hall–Kier alpha value is -2.80. The molecule has 0 spiro atoms. The van der Waals surface area contributed by atoms with E-state index in [4.69, 9.17) is 21.3 Å². The molecular formula is C29H30ClN3O2S. The Bertz CT molecular complexity index is 1380. The molecule has 7 heteroatoms. The fourth-order valence-corrected chi connectivity index (χ4v) is 5.87. The minimum atomic E-state index is 0.110. The highest BCUT2D eigenvalue weighted by Crippen LogP contribution is 2.32. The van der Waals surface area contributed by atoms with E-state index in [1.165, 1.54) is 11.8 Å². The predicted octanol–water partition coefficient (Wildman–Crippen LogP) is 7.07. The van der Waals surface area contributed by atoms with Crippen molar-refractivity contribution in [3.05, 3.63) is 88.3 Å². The number of thioether (sulfide) groups is 1. The Morgan fingerprint density at radius 3 is 2.64 bits per heavy atom. The third kappa shape index (κ3) is 5.03. The number of halogens is 1. The van der Waals surface area contributed by atoms with Gasteiger partial charge in [-0.3, -0.25) is 9.36 Å². The van der Waals surface area contributed by atoms with Crippen molar-refractivity contribution in [2.24, 2.45) is 0 Å². The summed E-state index contributed by atoms with van der Waals surface area (Å²) < 4.78 is 10.2. The van der Waals surface area contributed by atoms with Crippen LogP contribution in [0, 0.1) is 20.8 Å². The Morgan fingerprint density at radius 2 is 1.92 bits per heavy atom. The fraction of sp³-hybridized carbons (Fsp3) is 0.310. The number of hydrogen-bond donors (Lipinski definition) is 0. The van der Waals surface area contributed by atoms with E-state index in [1.807, 2.05) is 55.6 Å². The van der Waals surface area contributed by atoms with Gasteiger partial charge in [-0.05, 0) is 63.4 Å². The molecule has 1 fully saturated rings. The molecule has 1 atom stereocenters. The zero-order valence-corrected chi connectivity index (χ0v) is 22.4. The lowest BCUT2D eigenvalue weighted by atomic mass is 10.1. The largest absolute Gasteiger partial charge is 0.376 e. The number of imidazole rings is 1. The standard InChI is InChI=1S/C29H30ClN3O2S/c1-19-7-4-5-9-26(19)33-27(22-10-12-23(30)13-11-22)16-31-29(33)36-18-28(34)25-15-20(2)32(21(25)3)17-24-8-6-14-35-24/h4-5,7,9-13,15-16,24H,6,8,14,17-18H2,1-3H3/t24-/m0/s1. The van der Waals surface area contributed by atoms with Crippen LogP contribution in [0.15, 0.2) is 66.0 Å². The molecule has 1 aliphatic rings. The monoisotopic (exact) mass is 519 g/mol. The first kappa shape index (κ1) is 24.9. The number of carbonyl (C=O) groups is 1. The summed E-state index contributed by atoms with van der Waals surface area (Å²) in [4.78, 5) is 18.1. The highest BCUT2D eigenvalue weighted by molar-refractivity contribution is 7.99. The van der Waals surface area contributed by atoms with E-state index in [1.54, 1.807) is 0 Å². The van der Waals surface area contributed by atoms with E-state index in [0.29, 0.717) is 10.8 Å². The fourth-order valence-electron chi connectivity index (χ4n) is 4.87.